The first kappa shape index (κ1) is 13.4. The van der Waals surface area contributed by atoms with Gasteiger partial charge < -0.3 is 15.6 Å². The monoisotopic (exact) mass is 237 g/mol. The minimum absolute atomic E-state index is 0.121. The normalized spacial score (nSPS) is 10.2. The van der Waals surface area contributed by atoms with Crippen molar-refractivity contribution in [3.8, 4) is 0 Å². The molecule has 0 bridgehead atoms. The first-order valence-electron chi connectivity index (χ1n) is 5.79. The molecule has 0 aliphatic heterocycles. The van der Waals surface area contributed by atoms with E-state index >= 15 is 0 Å². The van der Waals surface area contributed by atoms with Crippen LogP contribution >= 0.6 is 0 Å². The third-order valence-electron chi connectivity index (χ3n) is 2.57. The molecule has 94 valence electrons. The average Bonchev–Trinajstić information content (AvgIpc) is 2.33. The summed E-state index contributed by atoms with van der Waals surface area (Å²) in [5.74, 6) is -0.121. The summed E-state index contributed by atoms with van der Waals surface area (Å²) in [5.41, 5.74) is 5.56. The van der Waals surface area contributed by atoms with Crippen LogP contribution in [0.2, 0.25) is 0 Å². The maximum absolute atomic E-state index is 11.9. The van der Waals surface area contributed by atoms with Gasteiger partial charge in [0.2, 0.25) is 5.56 Å². The first-order valence-corrected chi connectivity index (χ1v) is 5.79. The summed E-state index contributed by atoms with van der Waals surface area (Å²) in [6.07, 6.45) is 4.41. The fraction of sp³-hybridized carbons (Fsp3) is 0.500. The molecule has 0 radical (unpaired) electrons. The number of hydrogen-bond acceptors (Lipinski definition) is 3. The second-order valence-electron chi connectivity index (χ2n) is 4.02. The maximum atomic E-state index is 11.9. The summed E-state index contributed by atoms with van der Waals surface area (Å²) in [7, 11) is 1.74. The number of nitrogens with zero attached hydrogens (tertiary/aromatic N) is 1. The van der Waals surface area contributed by atoms with E-state index in [9.17, 15) is 9.59 Å². The van der Waals surface area contributed by atoms with Crippen molar-refractivity contribution in [3.63, 3.8) is 0 Å². The highest BCUT2D eigenvalue weighted by Crippen LogP contribution is 2.02. The lowest BCUT2D eigenvalue weighted by Gasteiger charge is -2.16. The van der Waals surface area contributed by atoms with E-state index in [4.69, 9.17) is 5.73 Å². The Hall–Kier alpha value is -1.62. The lowest BCUT2D eigenvalue weighted by molar-refractivity contribution is 0.0792. The molecular weight excluding hydrogens is 218 g/mol. The molecule has 1 aromatic rings. The standard InChI is InChI=1S/C12H19N3O2/c1-15(8-4-2-3-6-13)12(17)10-5-7-14-11(16)9-10/h5,7,9H,2-4,6,8,13H2,1H3,(H,14,16). The van der Waals surface area contributed by atoms with E-state index in [0.29, 0.717) is 18.7 Å². The SMILES string of the molecule is CN(CCCCCN)C(=O)c1cc[nH]c(=O)c1. The number of hydrogen-bond donors (Lipinski definition) is 2. The van der Waals surface area contributed by atoms with E-state index in [1.54, 1.807) is 18.0 Å². The average molecular weight is 237 g/mol. The highest BCUT2D eigenvalue weighted by Gasteiger charge is 2.11. The van der Waals surface area contributed by atoms with Crippen LogP contribution < -0.4 is 11.3 Å². The number of rotatable bonds is 6. The van der Waals surface area contributed by atoms with Gasteiger partial charge in [0.15, 0.2) is 0 Å². The summed E-state index contributed by atoms with van der Waals surface area (Å²) >= 11 is 0. The third kappa shape index (κ3) is 4.40. The molecule has 0 atom stereocenters. The van der Waals surface area contributed by atoms with Gasteiger partial charge in [-0.1, -0.05) is 6.42 Å². The van der Waals surface area contributed by atoms with E-state index in [-0.39, 0.29) is 11.5 Å². The van der Waals surface area contributed by atoms with Crippen LogP contribution in [-0.2, 0) is 0 Å². The Balaban J connectivity index is 2.49. The maximum Gasteiger partial charge on any atom is 0.253 e. The summed E-state index contributed by atoms with van der Waals surface area (Å²) in [6.45, 7) is 1.37. The molecule has 0 fully saturated rings. The van der Waals surface area contributed by atoms with Crippen LogP contribution in [0, 0.1) is 0 Å². The zero-order chi connectivity index (χ0) is 12.7. The van der Waals surface area contributed by atoms with Gasteiger partial charge in [0.25, 0.3) is 5.91 Å². The lowest BCUT2D eigenvalue weighted by atomic mass is 10.2. The minimum atomic E-state index is -0.257. The van der Waals surface area contributed by atoms with Crippen molar-refractivity contribution >= 4 is 5.91 Å². The molecule has 1 amide bonds. The quantitative estimate of drug-likeness (QED) is 0.710. The Labute approximate surface area is 101 Å². The zero-order valence-corrected chi connectivity index (χ0v) is 10.1. The number of nitrogens with two attached hydrogens (primary N) is 1. The predicted molar refractivity (Wildman–Crippen MR) is 66.9 cm³/mol. The van der Waals surface area contributed by atoms with Gasteiger partial charge >= 0.3 is 0 Å². The number of pyridine rings is 1. The van der Waals surface area contributed by atoms with Crippen molar-refractivity contribution in [2.75, 3.05) is 20.1 Å². The van der Waals surface area contributed by atoms with Crippen LogP contribution in [0.15, 0.2) is 23.1 Å². The number of aromatic nitrogens is 1. The van der Waals surface area contributed by atoms with Gasteiger partial charge in [-0.05, 0) is 25.5 Å². The number of H-pyrrole nitrogens is 1. The Morgan fingerprint density at radius 1 is 1.41 bits per heavy atom. The Bertz CT molecular complexity index is 414. The number of carbonyl (C=O) groups excluding carboxylic acids is 1. The molecule has 5 nitrogen and oxygen atoms in total. The van der Waals surface area contributed by atoms with Crippen LogP contribution in [0.1, 0.15) is 29.6 Å². The molecule has 0 saturated heterocycles. The van der Waals surface area contributed by atoms with Crippen LogP contribution in [0.5, 0.6) is 0 Å². The molecule has 1 aromatic heterocycles. The fourth-order valence-corrected chi connectivity index (χ4v) is 1.57. The van der Waals surface area contributed by atoms with E-state index in [2.05, 4.69) is 4.98 Å². The van der Waals surface area contributed by atoms with Crippen molar-refractivity contribution in [1.29, 1.82) is 0 Å². The van der Waals surface area contributed by atoms with Crippen LogP contribution in [-0.4, -0.2) is 35.9 Å². The van der Waals surface area contributed by atoms with E-state index < -0.39 is 0 Å². The van der Waals surface area contributed by atoms with E-state index in [1.165, 1.54) is 12.3 Å². The first-order chi connectivity index (χ1) is 8.15. The molecule has 0 aliphatic carbocycles. The van der Waals surface area contributed by atoms with Gasteiger partial charge in [0, 0.05) is 31.4 Å². The second-order valence-corrected chi connectivity index (χ2v) is 4.02. The number of amides is 1. The third-order valence-corrected chi connectivity index (χ3v) is 2.57. The largest absolute Gasteiger partial charge is 0.342 e. The van der Waals surface area contributed by atoms with Gasteiger partial charge in [-0.3, -0.25) is 9.59 Å². The molecule has 0 spiro atoms. The van der Waals surface area contributed by atoms with Gasteiger partial charge in [-0.25, -0.2) is 0 Å². The van der Waals surface area contributed by atoms with Crippen LogP contribution in [0.4, 0.5) is 0 Å². The topological polar surface area (TPSA) is 79.2 Å². The molecule has 0 saturated carbocycles. The van der Waals surface area contributed by atoms with Crippen molar-refractivity contribution in [2.24, 2.45) is 5.73 Å². The lowest BCUT2D eigenvalue weighted by Crippen LogP contribution is -2.28. The summed E-state index contributed by atoms with van der Waals surface area (Å²) < 4.78 is 0. The summed E-state index contributed by atoms with van der Waals surface area (Å²) in [5, 5.41) is 0. The van der Waals surface area contributed by atoms with Crippen molar-refractivity contribution in [3.05, 3.63) is 34.2 Å². The van der Waals surface area contributed by atoms with Gasteiger partial charge in [0.05, 0.1) is 0 Å². The van der Waals surface area contributed by atoms with Crippen LogP contribution in [0.3, 0.4) is 0 Å². The van der Waals surface area contributed by atoms with Gasteiger partial charge in [-0.2, -0.15) is 0 Å². The Morgan fingerprint density at radius 3 is 2.82 bits per heavy atom. The molecule has 0 aromatic carbocycles. The molecule has 0 aliphatic rings. The summed E-state index contributed by atoms with van der Waals surface area (Å²) in [4.78, 5) is 27.1. The Kier molecular flexibility index (Phi) is 5.42. The van der Waals surface area contributed by atoms with Crippen molar-refractivity contribution in [1.82, 2.24) is 9.88 Å². The highest BCUT2D eigenvalue weighted by molar-refractivity contribution is 5.93. The summed E-state index contributed by atoms with van der Waals surface area (Å²) in [6, 6.07) is 2.93. The molecule has 5 heteroatoms. The zero-order valence-electron chi connectivity index (χ0n) is 10.1. The van der Waals surface area contributed by atoms with Crippen molar-refractivity contribution in [2.45, 2.75) is 19.3 Å². The molecule has 1 rings (SSSR count). The number of unbranched alkanes of at least 4 members (excludes halogenated alkanes) is 2. The van der Waals surface area contributed by atoms with Crippen LogP contribution in [0.25, 0.3) is 0 Å². The Morgan fingerprint density at radius 2 is 2.18 bits per heavy atom. The van der Waals surface area contributed by atoms with E-state index in [0.717, 1.165) is 19.3 Å². The van der Waals surface area contributed by atoms with Crippen molar-refractivity contribution < 1.29 is 4.79 Å². The molecule has 0 unspecified atom stereocenters. The smallest absolute Gasteiger partial charge is 0.253 e. The number of carbonyl (C=O) groups is 1. The second kappa shape index (κ2) is 6.85. The highest BCUT2D eigenvalue weighted by atomic mass is 16.2. The molecule has 1 heterocycles. The minimum Gasteiger partial charge on any atom is -0.342 e. The van der Waals surface area contributed by atoms with E-state index in [1.807, 2.05) is 0 Å². The predicted octanol–water partition coefficient (Wildman–Crippen LogP) is 0.576. The van der Waals surface area contributed by atoms with Gasteiger partial charge in [-0.15, -0.1) is 0 Å². The number of aromatic amines is 1. The van der Waals surface area contributed by atoms with Gasteiger partial charge in [0.1, 0.15) is 0 Å². The molecule has 3 N–H and O–H groups in total. The fourth-order valence-electron chi connectivity index (χ4n) is 1.57. The molecule has 17 heavy (non-hydrogen) atoms. The molecular formula is C12H19N3O2. The number of nitrogens with one attached hydrogen (secondary N) is 1.